The van der Waals surface area contributed by atoms with Crippen LogP contribution in [-0.4, -0.2) is 14.7 Å². The summed E-state index contributed by atoms with van der Waals surface area (Å²) in [6, 6.07) is 16.7. The van der Waals surface area contributed by atoms with Gasteiger partial charge in [-0.3, -0.25) is 9.36 Å². The van der Waals surface area contributed by atoms with E-state index in [0.29, 0.717) is 27.6 Å². The van der Waals surface area contributed by atoms with Gasteiger partial charge in [0.1, 0.15) is 5.82 Å². The molecule has 164 valence electrons. The highest BCUT2D eigenvalue weighted by molar-refractivity contribution is 5.94. The second kappa shape index (κ2) is 7.70. The number of nitrogens with zero attached hydrogens (tertiary/aromatic N) is 3. The Kier molecular flexibility index (Phi) is 4.81. The van der Waals surface area contributed by atoms with Gasteiger partial charge in [-0.1, -0.05) is 35.5 Å². The molecule has 0 aliphatic rings. The summed E-state index contributed by atoms with van der Waals surface area (Å²) < 4.78 is 58.6. The van der Waals surface area contributed by atoms with Crippen LogP contribution in [-0.2, 0) is 6.18 Å². The van der Waals surface area contributed by atoms with Gasteiger partial charge in [0.05, 0.1) is 11.1 Å². The molecule has 0 amide bonds. The third kappa shape index (κ3) is 3.78. The molecule has 33 heavy (non-hydrogen) atoms. The summed E-state index contributed by atoms with van der Waals surface area (Å²) in [5, 5.41) is 4.84. The molecule has 5 rings (SSSR count). The number of halogens is 4. The van der Waals surface area contributed by atoms with Gasteiger partial charge in [-0.05, 0) is 42.5 Å². The van der Waals surface area contributed by atoms with Crippen LogP contribution in [0, 0.1) is 5.82 Å². The Morgan fingerprint density at radius 2 is 1.52 bits per heavy atom. The maximum atomic E-state index is 13.4. The van der Waals surface area contributed by atoms with Crippen molar-refractivity contribution in [3.05, 3.63) is 101 Å². The van der Waals surface area contributed by atoms with Gasteiger partial charge in [0.15, 0.2) is 0 Å². The lowest BCUT2D eigenvalue weighted by atomic mass is 10.1. The van der Waals surface area contributed by atoms with E-state index < -0.39 is 17.6 Å². The van der Waals surface area contributed by atoms with E-state index >= 15 is 0 Å². The molecule has 5 nitrogen and oxygen atoms in total. The number of hydrogen-bond donors (Lipinski definition) is 0. The van der Waals surface area contributed by atoms with E-state index in [-0.39, 0.29) is 17.3 Å². The highest BCUT2D eigenvalue weighted by atomic mass is 19.4. The summed E-state index contributed by atoms with van der Waals surface area (Å²) in [6.07, 6.45) is -2.93. The van der Waals surface area contributed by atoms with Gasteiger partial charge in [0.25, 0.3) is 11.4 Å². The minimum absolute atomic E-state index is 0.0805. The molecule has 9 heteroatoms. The van der Waals surface area contributed by atoms with Gasteiger partial charge >= 0.3 is 6.18 Å². The lowest BCUT2D eigenvalue weighted by Gasteiger charge is -2.10. The summed E-state index contributed by atoms with van der Waals surface area (Å²) in [5.74, 6) is -0.259. The number of benzene rings is 3. The largest absolute Gasteiger partial charge is 0.416 e. The lowest BCUT2D eigenvalue weighted by molar-refractivity contribution is -0.137. The van der Waals surface area contributed by atoms with E-state index in [1.54, 1.807) is 24.3 Å². The summed E-state index contributed by atoms with van der Waals surface area (Å²) >= 11 is 0. The minimum atomic E-state index is -4.45. The molecule has 0 aliphatic heterocycles. The van der Waals surface area contributed by atoms with Crippen molar-refractivity contribution in [2.24, 2.45) is 0 Å². The van der Waals surface area contributed by atoms with Gasteiger partial charge in [0, 0.05) is 28.2 Å². The number of pyridine rings is 1. The summed E-state index contributed by atoms with van der Waals surface area (Å²) in [4.78, 5) is 17.4. The minimum Gasteiger partial charge on any atom is -0.334 e. The first-order valence-electron chi connectivity index (χ1n) is 9.73. The van der Waals surface area contributed by atoms with Crippen LogP contribution in [0.1, 0.15) is 5.56 Å². The van der Waals surface area contributed by atoms with E-state index in [1.165, 1.54) is 47.2 Å². The highest BCUT2D eigenvalue weighted by Gasteiger charge is 2.30. The Labute approximate surface area is 183 Å². The molecule has 2 aromatic heterocycles. The highest BCUT2D eigenvalue weighted by Crippen LogP contribution is 2.32. The number of fused-ring (bicyclic) bond motifs is 1. The van der Waals surface area contributed by atoms with Crippen LogP contribution in [0.25, 0.3) is 39.3 Å². The molecule has 0 radical (unpaired) electrons. The van der Waals surface area contributed by atoms with Crippen LogP contribution >= 0.6 is 0 Å². The molecule has 0 bridgehead atoms. The van der Waals surface area contributed by atoms with Crippen LogP contribution in [0.5, 0.6) is 0 Å². The summed E-state index contributed by atoms with van der Waals surface area (Å²) in [5.41, 5.74) is 0.126. The van der Waals surface area contributed by atoms with Crippen molar-refractivity contribution in [2.45, 2.75) is 6.18 Å². The van der Waals surface area contributed by atoms with Crippen LogP contribution in [0.3, 0.4) is 0 Å². The first-order chi connectivity index (χ1) is 15.8. The Morgan fingerprint density at radius 1 is 0.848 bits per heavy atom. The zero-order valence-corrected chi connectivity index (χ0v) is 16.7. The Balaban J connectivity index is 1.63. The Bertz CT molecular complexity index is 1520. The Hall–Kier alpha value is -4.27. The van der Waals surface area contributed by atoms with E-state index in [2.05, 4.69) is 10.1 Å². The van der Waals surface area contributed by atoms with E-state index in [1.807, 2.05) is 0 Å². The van der Waals surface area contributed by atoms with E-state index in [4.69, 9.17) is 4.52 Å². The number of alkyl halides is 3. The predicted molar refractivity (Wildman–Crippen MR) is 113 cm³/mol. The quantitative estimate of drug-likeness (QED) is 0.322. The fraction of sp³-hybridized carbons (Fsp3) is 0.0417. The molecule has 0 saturated heterocycles. The van der Waals surface area contributed by atoms with Gasteiger partial charge in [-0.25, -0.2) is 4.39 Å². The third-order valence-electron chi connectivity index (χ3n) is 5.16. The van der Waals surface area contributed by atoms with Crippen molar-refractivity contribution in [2.75, 3.05) is 0 Å². The summed E-state index contributed by atoms with van der Waals surface area (Å²) in [6.45, 7) is 0. The van der Waals surface area contributed by atoms with Crippen molar-refractivity contribution in [3.63, 3.8) is 0 Å². The molecule has 0 N–H and O–H groups in total. The maximum Gasteiger partial charge on any atom is 0.416 e. The van der Waals surface area contributed by atoms with E-state index in [9.17, 15) is 22.4 Å². The normalized spacial score (nSPS) is 11.8. The van der Waals surface area contributed by atoms with Crippen LogP contribution in [0.2, 0.25) is 0 Å². The van der Waals surface area contributed by atoms with Crippen molar-refractivity contribution in [1.82, 2.24) is 14.7 Å². The molecule has 0 fully saturated rings. The average Bonchev–Trinajstić information content (AvgIpc) is 3.30. The average molecular weight is 451 g/mol. The third-order valence-corrected chi connectivity index (χ3v) is 5.16. The number of rotatable bonds is 3. The molecule has 5 aromatic rings. The van der Waals surface area contributed by atoms with Gasteiger partial charge in [-0.15, -0.1) is 0 Å². The van der Waals surface area contributed by atoms with Crippen LogP contribution in [0.15, 0.2) is 88.3 Å². The fourth-order valence-electron chi connectivity index (χ4n) is 3.51. The second-order valence-corrected chi connectivity index (χ2v) is 7.24. The van der Waals surface area contributed by atoms with Gasteiger partial charge < -0.3 is 4.52 Å². The van der Waals surface area contributed by atoms with Crippen molar-refractivity contribution >= 4 is 10.8 Å². The van der Waals surface area contributed by atoms with Crippen LogP contribution < -0.4 is 5.56 Å². The molecular weight excluding hydrogens is 438 g/mol. The van der Waals surface area contributed by atoms with Gasteiger partial charge in [-0.2, -0.15) is 18.2 Å². The number of hydrogen-bond acceptors (Lipinski definition) is 4. The smallest absolute Gasteiger partial charge is 0.334 e. The zero-order chi connectivity index (χ0) is 23.2. The second-order valence-electron chi connectivity index (χ2n) is 7.24. The monoisotopic (exact) mass is 451 g/mol. The SMILES string of the molecule is O=c1c2ccccc2c(-c2nc(-c3ccc(C(F)(F)F)cc3)no2)cn1-c1ccc(F)cc1. The van der Waals surface area contributed by atoms with Crippen molar-refractivity contribution < 1.29 is 22.1 Å². The molecule has 0 unspecified atom stereocenters. The molecular formula is C24H13F4N3O2. The molecule has 0 atom stereocenters. The first-order valence-corrected chi connectivity index (χ1v) is 9.73. The fourth-order valence-corrected chi connectivity index (χ4v) is 3.51. The zero-order valence-electron chi connectivity index (χ0n) is 16.7. The topological polar surface area (TPSA) is 60.9 Å². The first kappa shape index (κ1) is 20.6. The maximum absolute atomic E-state index is 13.4. The molecule has 3 aromatic carbocycles. The van der Waals surface area contributed by atoms with Crippen molar-refractivity contribution in [1.29, 1.82) is 0 Å². The predicted octanol–water partition coefficient (Wildman–Crippen LogP) is 5.87. The van der Waals surface area contributed by atoms with Crippen LogP contribution in [0.4, 0.5) is 17.6 Å². The van der Waals surface area contributed by atoms with Gasteiger partial charge in [0.2, 0.25) is 5.82 Å². The molecule has 0 aliphatic carbocycles. The standard InChI is InChI=1S/C24H13F4N3O2/c25-16-9-11-17(12-10-16)31-13-20(18-3-1-2-4-19(18)23(31)32)22-29-21(30-33-22)14-5-7-15(8-6-14)24(26,27)28/h1-13H. The lowest BCUT2D eigenvalue weighted by Crippen LogP contribution is -2.18. The molecule has 2 heterocycles. The number of aromatic nitrogens is 3. The molecule has 0 saturated carbocycles. The Morgan fingerprint density at radius 3 is 2.18 bits per heavy atom. The van der Waals surface area contributed by atoms with E-state index in [0.717, 1.165) is 12.1 Å². The van der Waals surface area contributed by atoms with Crippen molar-refractivity contribution in [3.8, 4) is 28.5 Å². The molecule has 0 spiro atoms. The summed E-state index contributed by atoms with van der Waals surface area (Å²) in [7, 11) is 0.